The summed E-state index contributed by atoms with van der Waals surface area (Å²) in [5.41, 5.74) is 12.7. The highest BCUT2D eigenvalue weighted by atomic mass is 16.5. The fourth-order valence-electron chi connectivity index (χ4n) is 0.174. The highest BCUT2D eigenvalue weighted by Gasteiger charge is 1.95. The van der Waals surface area contributed by atoms with Gasteiger partial charge in [0.25, 0.3) is 0 Å². The Labute approximate surface area is 58.7 Å². The molecule has 10 heavy (non-hydrogen) atoms. The van der Waals surface area contributed by atoms with Gasteiger partial charge in [-0.1, -0.05) is 6.58 Å². The number of hydrogen-bond acceptors (Lipinski definition) is 3. The van der Waals surface area contributed by atoms with Crippen molar-refractivity contribution in [1.82, 2.24) is 0 Å². The zero-order valence-corrected chi connectivity index (χ0v) is 5.92. The molecule has 0 bridgehead atoms. The Bertz CT molecular complexity index is 158. The lowest BCUT2D eigenvalue weighted by Gasteiger charge is -1.91. The first kappa shape index (κ1) is 11.3. The average Bonchev–Trinajstić information content (AvgIpc) is 1.88. The van der Waals surface area contributed by atoms with Crippen LogP contribution < -0.4 is 0 Å². The van der Waals surface area contributed by atoms with E-state index in [1.54, 1.807) is 11.8 Å². The summed E-state index contributed by atoms with van der Waals surface area (Å²) < 4.78 is 4.27. The van der Waals surface area contributed by atoms with E-state index < -0.39 is 0 Å². The van der Waals surface area contributed by atoms with Crippen LogP contribution in [-0.4, -0.2) is 13.1 Å². The summed E-state index contributed by atoms with van der Waals surface area (Å²) in [4.78, 5) is 11.9. The van der Waals surface area contributed by atoms with Gasteiger partial charge in [-0.25, -0.2) is 4.79 Å². The number of rotatable bonds is 1. The molecule has 0 aliphatic heterocycles. The maximum atomic E-state index is 10.2. The van der Waals surface area contributed by atoms with Crippen molar-refractivity contribution in [3.8, 4) is 0 Å². The number of nitrogens with zero attached hydrogens (tertiary/aromatic N) is 2. The second kappa shape index (κ2) is 7.52. The summed E-state index contributed by atoms with van der Waals surface area (Å²) in [6.45, 7) is 4.95. The molecule has 0 aromatic rings. The van der Waals surface area contributed by atoms with Crippen molar-refractivity contribution >= 4 is 5.97 Å². The fourth-order valence-corrected chi connectivity index (χ4v) is 0.174. The Hall–Kier alpha value is -1.48. The number of ether oxygens (including phenoxy) is 1. The molecule has 0 amide bonds. The molecule has 0 saturated carbocycles. The molecular weight excluding hydrogens is 134 g/mol. The topological polar surface area (TPSA) is 86.6 Å². The van der Waals surface area contributed by atoms with Crippen LogP contribution in [0.3, 0.4) is 0 Å². The first-order chi connectivity index (χ1) is 4.59. The maximum absolute atomic E-state index is 10.2. The van der Waals surface area contributed by atoms with Crippen LogP contribution in [0.1, 0.15) is 6.92 Å². The zero-order valence-electron chi connectivity index (χ0n) is 5.92. The van der Waals surface area contributed by atoms with Gasteiger partial charge in [-0.05, 0) is 17.4 Å². The van der Waals surface area contributed by atoms with E-state index >= 15 is 0 Å². The lowest BCUT2D eigenvalue weighted by molar-refractivity contribution is -0.136. The van der Waals surface area contributed by atoms with Gasteiger partial charge in [0.2, 0.25) is 0 Å². The summed E-state index contributed by atoms with van der Waals surface area (Å²) in [6, 6.07) is 0. The number of carbonyl (C=O) groups is 1. The van der Waals surface area contributed by atoms with Crippen LogP contribution >= 0.6 is 0 Å². The molecule has 0 radical (unpaired) electrons. The molecule has 0 rings (SSSR count). The van der Waals surface area contributed by atoms with E-state index in [1.807, 2.05) is 0 Å². The number of esters is 1. The zero-order chi connectivity index (χ0) is 8.57. The van der Waals surface area contributed by atoms with Crippen molar-refractivity contribution in [2.75, 3.05) is 7.11 Å². The van der Waals surface area contributed by atoms with Crippen molar-refractivity contribution in [2.24, 2.45) is 0 Å². The second-order valence-corrected chi connectivity index (χ2v) is 1.37. The second-order valence-electron chi connectivity index (χ2n) is 1.37. The van der Waals surface area contributed by atoms with Crippen molar-refractivity contribution in [3.05, 3.63) is 22.6 Å². The van der Waals surface area contributed by atoms with Gasteiger partial charge in [-0.3, -0.25) is 0 Å². The summed E-state index contributed by atoms with van der Waals surface area (Å²) in [5.74, 6) is -0.347. The molecular formula is C5H9N3O2. The van der Waals surface area contributed by atoms with Crippen LogP contribution in [0.2, 0.25) is 0 Å². The Balaban J connectivity index is 0. The molecule has 1 N–H and O–H groups in total. The number of hydrogen-bond donors (Lipinski definition) is 1. The van der Waals surface area contributed by atoms with E-state index in [-0.39, 0.29) is 5.97 Å². The van der Waals surface area contributed by atoms with Gasteiger partial charge >= 0.3 is 5.97 Å². The minimum absolute atomic E-state index is 0.347. The normalized spacial score (nSPS) is 6.20. The maximum Gasteiger partial charge on any atom is 0.332 e. The molecule has 0 fully saturated rings. The van der Waals surface area contributed by atoms with Gasteiger partial charge in [0.05, 0.1) is 7.11 Å². The van der Waals surface area contributed by atoms with Crippen LogP contribution in [0.15, 0.2) is 12.2 Å². The van der Waals surface area contributed by atoms with Crippen LogP contribution in [0.5, 0.6) is 0 Å². The van der Waals surface area contributed by atoms with Crippen LogP contribution in [0.4, 0.5) is 0 Å². The minimum Gasteiger partial charge on any atom is -0.466 e. The Morgan fingerprint density at radius 3 is 2.10 bits per heavy atom. The monoisotopic (exact) mass is 143 g/mol. The van der Waals surface area contributed by atoms with Crippen LogP contribution in [0.25, 0.3) is 10.4 Å². The number of nitrogens with one attached hydrogen (secondary N) is 1. The third-order valence-electron chi connectivity index (χ3n) is 0.534. The SMILES string of the molecule is C=C(C)C(=O)OC.[N-]=[N+]=N. The molecule has 0 heterocycles. The summed E-state index contributed by atoms with van der Waals surface area (Å²) in [6.07, 6.45) is 0. The Morgan fingerprint density at radius 2 is 2.10 bits per heavy atom. The predicted molar refractivity (Wildman–Crippen MR) is 36.3 cm³/mol. The molecule has 0 aromatic heterocycles. The molecule has 0 atom stereocenters. The standard InChI is InChI=1S/C5H8O2.HN3/c1-4(2)5(6)7-3;1-3-2/h1H2,2-3H3;1H. The first-order valence-electron chi connectivity index (χ1n) is 2.34. The van der Waals surface area contributed by atoms with Crippen molar-refractivity contribution in [1.29, 1.82) is 5.53 Å². The van der Waals surface area contributed by atoms with Crippen molar-refractivity contribution < 1.29 is 9.53 Å². The van der Waals surface area contributed by atoms with Gasteiger partial charge < -0.3 is 4.74 Å². The van der Waals surface area contributed by atoms with Crippen LogP contribution in [0, 0.1) is 5.53 Å². The van der Waals surface area contributed by atoms with E-state index in [9.17, 15) is 4.79 Å². The molecule has 5 heteroatoms. The van der Waals surface area contributed by atoms with Crippen LogP contribution in [-0.2, 0) is 9.53 Å². The third-order valence-corrected chi connectivity index (χ3v) is 0.534. The van der Waals surface area contributed by atoms with E-state index in [0.29, 0.717) is 5.57 Å². The molecule has 0 unspecified atom stereocenters. The largest absolute Gasteiger partial charge is 0.466 e. The highest BCUT2D eigenvalue weighted by molar-refractivity contribution is 5.86. The van der Waals surface area contributed by atoms with Gasteiger partial charge in [-0.15, -0.1) is 5.53 Å². The minimum atomic E-state index is -0.347. The van der Waals surface area contributed by atoms with Gasteiger partial charge in [-0.2, -0.15) is 0 Å². The fraction of sp³-hybridized carbons (Fsp3) is 0.400. The Kier molecular flexibility index (Phi) is 8.52. The average molecular weight is 143 g/mol. The number of carbonyl (C=O) groups excluding carboxylic acids is 1. The molecule has 0 aromatic carbocycles. The summed E-state index contributed by atoms with van der Waals surface area (Å²) in [7, 11) is 1.33. The van der Waals surface area contributed by atoms with Gasteiger partial charge in [0.15, 0.2) is 0 Å². The molecule has 0 saturated heterocycles. The molecule has 0 aliphatic rings. The first-order valence-corrected chi connectivity index (χ1v) is 2.34. The van der Waals surface area contributed by atoms with Gasteiger partial charge in [0, 0.05) is 5.57 Å². The molecule has 5 nitrogen and oxygen atoms in total. The predicted octanol–water partition coefficient (Wildman–Crippen LogP) is 1.61. The van der Waals surface area contributed by atoms with E-state index in [2.05, 4.69) is 11.3 Å². The quantitative estimate of drug-likeness (QED) is 0.199. The Morgan fingerprint density at radius 1 is 1.80 bits per heavy atom. The summed E-state index contributed by atoms with van der Waals surface area (Å²) >= 11 is 0. The molecule has 0 spiro atoms. The van der Waals surface area contributed by atoms with Crippen molar-refractivity contribution in [2.45, 2.75) is 6.92 Å². The molecule has 56 valence electrons. The van der Waals surface area contributed by atoms with Gasteiger partial charge in [0.1, 0.15) is 0 Å². The number of methoxy groups -OCH3 is 1. The van der Waals surface area contributed by atoms with E-state index in [1.165, 1.54) is 7.11 Å². The smallest absolute Gasteiger partial charge is 0.332 e. The molecule has 0 aliphatic carbocycles. The van der Waals surface area contributed by atoms with Crippen molar-refractivity contribution in [3.63, 3.8) is 0 Å². The lowest BCUT2D eigenvalue weighted by Crippen LogP contribution is -1.98. The van der Waals surface area contributed by atoms with E-state index in [0.717, 1.165) is 0 Å². The van der Waals surface area contributed by atoms with E-state index in [4.69, 9.17) is 11.1 Å². The third kappa shape index (κ3) is 9.72. The lowest BCUT2D eigenvalue weighted by atomic mass is 10.4. The summed E-state index contributed by atoms with van der Waals surface area (Å²) in [5, 5.41) is 0. The highest BCUT2D eigenvalue weighted by Crippen LogP contribution is 1.87.